The molecule has 2 aromatic rings. The van der Waals surface area contributed by atoms with Crippen LogP contribution in [0, 0.1) is 0 Å². The highest BCUT2D eigenvalue weighted by atomic mass is 35.5. The number of nitrogens with one attached hydrogen (secondary N) is 1. The Kier molecular flexibility index (Phi) is 9.49. The number of ether oxygens (including phenoxy) is 1. The molecule has 1 saturated carbocycles. The van der Waals surface area contributed by atoms with Gasteiger partial charge in [0.05, 0.1) is 24.1 Å². The quantitative estimate of drug-likeness (QED) is 0.472. The van der Waals surface area contributed by atoms with Crippen LogP contribution >= 0.6 is 23.2 Å². The van der Waals surface area contributed by atoms with E-state index >= 15 is 0 Å². The number of sulfonamides is 1. The lowest BCUT2D eigenvalue weighted by atomic mass is 10.1. The number of benzene rings is 2. The Labute approximate surface area is 222 Å². The van der Waals surface area contributed by atoms with Gasteiger partial charge in [-0.05, 0) is 55.7 Å². The molecule has 0 heterocycles. The summed E-state index contributed by atoms with van der Waals surface area (Å²) in [6.07, 6.45) is 4.91. The van der Waals surface area contributed by atoms with Crippen molar-refractivity contribution in [3.8, 4) is 5.75 Å². The highest BCUT2D eigenvalue weighted by Gasteiger charge is 2.32. The first-order chi connectivity index (χ1) is 17.0. The Morgan fingerprint density at radius 3 is 2.31 bits per heavy atom. The number of hydrogen-bond acceptors (Lipinski definition) is 5. The van der Waals surface area contributed by atoms with Gasteiger partial charge in [-0.25, -0.2) is 8.42 Å². The Morgan fingerprint density at radius 1 is 1.11 bits per heavy atom. The van der Waals surface area contributed by atoms with Crippen molar-refractivity contribution in [3.63, 3.8) is 0 Å². The monoisotopic (exact) mass is 555 g/mol. The fraction of sp³-hybridized carbons (Fsp3) is 0.440. The van der Waals surface area contributed by atoms with Gasteiger partial charge in [-0.1, -0.05) is 48.2 Å². The molecule has 8 nitrogen and oxygen atoms in total. The molecule has 0 saturated heterocycles. The van der Waals surface area contributed by atoms with Crippen LogP contribution < -0.4 is 14.4 Å². The van der Waals surface area contributed by atoms with Crippen molar-refractivity contribution in [3.05, 3.63) is 58.1 Å². The summed E-state index contributed by atoms with van der Waals surface area (Å²) in [6.45, 7) is 1.22. The first-order valence-corrected chi connectivity index (χ1v) is 14.3. The van der Waals surface area contributed by atoms with Crippen LogP contribution in [0.15, 0.2) is 42.5 Å². The van der Waals surface area contributed by atoms with Crippen LogP contribution in [0.4, 0.5) is 5.69 Å². The third-order valence-electron chi connectivity index (χ3n) is 6.24. The number of amides is 2. The molecule has 2 amide bonds. The summed E-state index contributed by atoms with van der Waals surface area (Å²) in [6, 6.07) is 10.7. The maximum absolute atomic E-state index is 13.6. The van der Waals surface area contributed by atoms with E-state index in [1.54, 1.807) is 38.3 Å². The molecule has 1 aliphatic rings. The minimum Gasteiger partial charge on any atom is -0.497 e. The molecule has 0 aromatic heterocycles. The molecule has 1 fully saturated rings. The van der Waals surface area contributed by atoms with E-state index in [-0.39, 0.29) is 29.2 Å². The van der Waals surface area contributed by atoms with Crippen LogP contribution in [0.3, 0.4) is 0 Å². The smallest absolute Gasteiger partial charge is 0.244 e. The van der Waals surface area contributed by atoms with Gasteiger partial charge < -0.3 is 15.0 Å². The zero-order chi connectivity index (χ0) is 26.5. The van der Waals surface area contributed by atoms with Crippen molar-refractivity contribution in [2.45, 2.75) is 51.2 Å². The molecule has 1 atom stereocenters. The average molecular weight is 557 g/mol. The predicted molar refractivity (Wildman–Crippen MR) is 142 cm³/mol. The fourth-order valence-corrected chi connectivity index (χ4v) is 5.60. The van der Waals surface area contributed by atoms with Crippen LogP contribution in [0.25, 0.3) is 0 Å². The molecule has 0 bridgehead atoms. The molecule has 0 spiro atoms. The minimum atomic E-state index is -3.89. The summed E-state index contributed by atoms with van der Waals surface area (Å²) in [7, 11) is -2.33. The normalized spacial score (nSPS) is 14.8. The standard InChI is InChI=1S/C25H31Cl2N3O5S/c1-17(25(32)28-20-6-4-5-7-20)29(15-18-8-11-21(35-2)12-9-18)24(31)16-30(36(3,33)34)23-13-10-19(26)14-22(23)27/h8-14,17,20H,4-7,15-16H2,1-3H3,(H,28,32)/t17-/m0/s1. The molecule has 1 N–H and O–H groups in total. The summed E-state index contributed by atoms with van der Waals surface area (Å²) in [5.74, 6) is -0.167. The summed E-state index contributed by atoms with van der Waals surface area (Å²) in [5.41, 5.74) is 0.893. The van der Waals surface area contributed by atoms with Crippen LogP contribution in [0.5, 0.6) is 5.75 Å². The second kappa shape index (κ2) is 12.2. The van der Waals surface area contributed by atoms with E-state index in [4.69, 9.17) is 27.9 Å². The molecular weight excluding hydrogens is 525 g/mol. The van der Waals surface area contributed by atoms with Crippen molar-refractivity contribution in [2.75, 3.05) is 24.2 Å². The number of hydrogen-bond donors (Lipinski definition) is 1. The highest BCUT2D eigenvalue weighted by Crippen LogP contribution is 2.30. The summed E-state index contributed by atoms with van der Waals surface area (Å²) in [5, 5.41) is 3.46. The van der Waals surface area contributed by atoms with Crippen LogP contribution in [-0.4, -0.2) is 57.1 Å². The van der Waals surface area contributed by atoms with Crippen molar-refractivity contribution >= 4 is 50.7 Å². The summed E-state index contributed by atoms with van der Waals surface area (Å²) in [4.78, 5) is 28.1. The SMILES string of the molecule is COc1ccc(CN(C(=O)CN(c2ccc(Cl)cc2Cl)S(C)(=O)=O)[C@@H](C)C(=O)NC2CCCC2)cc1. The second-order valence-electron chi connectivity index (χ2n) is 8.90. The first kappa shape index (κ1) is 28.1. The topological polar surface area (TPSA) is 96.0 Å². The molecule has 36 heavy (non-hydrogen) atoms. The Hall–Kier alpha value is -2.49. The van der Waals surface area contributed by atoms with E-state index in [1.165, 1.54) is 23.1 Å². The summed E-state index contributed by atoms with van der Waals surface area (Å²) >= 11 is 12.2. The highest BCUT2D eigenvalue weighted by molar-refractivity contribution is 7.92. The minimum absolute atomic E-state index is 0.0817. The molecule has 1 aliphatic carbocycles. The molecular formula is C25H31Cl2N3O5S. The van der Waals surface area contributed by atoms with E-state index < -0.39 is 28.5 Å². The van der Waals surface area contributed by atoms with Gasteiger partial charge in [0.1, 0.15) is 18.3 Å². The van der Waals surface area contributed by atoms with Gasteiger partial charge in [-0.3, -0.25) is 13.9 Å². The zero-order valence-corrected chi connectivity index (χ0v) is 22.9. The number of anilines is 1. The zero-order valence-electron chi connectivity index (χ0n) is 20.5. The first-order valence-electron chi connectivity index (χ1n) is 11.6. The Morgan fingerprint density at radius 2 is 1.75 bits per heavy atom. The lowest BCUT2D eigenvalue weighted by Gasteiger charge is -2.32. The van der Waals surface area contributed by atoms with Gasteiger partial charge in [0.15, 0.2) is 0 Å². The Balaban J connectivity index is 1.89. The second-order valence-corrected chi connectivity index (χ2v) is 11.7. The van der Waals surface area contributed by atoms with Crippen molar-refractivity contribution in [1.29, 1.82) is 0 Å². The maximum atomic E-state index is 13.6. The fourth-order valence-electron chi connectivity index (χ4n) is 4.18. The van der Waals surface area contributed by atoms with E-state index in [2.05, 4.69) is 5.32 Å². The van der Waals surface area contributed by atoms with Crippen LogP contribution in [0.1, 0.15) is 38.2 Å². The van der Waals surface area contributed by atoms with E-state index in [0.717, 1.165) is 41.8 Å². The van der Waals surface area contributed by atoms with E-state index in [0.29, 0.717) is 10.8 Å². The third kappa shape index (κ3) is 7.27. The van der Waals surface area contributed by atoms with Crippen LogP contribution in [0.2, 0.25) is 10.0 Å². The van der Waals surface area contributed by atoms with Crippen molar-refractivity contribution in [1.82, 2.24) is 10.2 Å². The number of carbonyl (C=O) groups is 2. The molecule has 196 valence electrons. The van der Waals surface area contributed by atoms with Crippen LogP contribution in [-0.2, 0) is 26.2 Å². The van der Waals surface area contributed by atoms with Crippen molar-refractivity contribution in [2.24, 2.45) is 0 Å². The molecule has 11 heteroatoms. The number of methoxy groups -OCH3 is 1. The number of carbonyl (C=O) groups excluding carboxylic acids is 2. The van der Waals surface area contributed by atoms with Crippen molar-refractivity contribution < 1.29 is 22.7 Å². The van der Waals surface area contributed by atoms with Gasteiger partial charge in [-0.2, -0.15) is 0 Å². The van der Waals surface area contributed by atoms with Gasteiger partial charge in [0, 0.05) is 17.6 Å². The maximum Gasteiger partial charge on any atom is 0.244 e. The average Bonchev–Trinajstić information content (AvgIpc) is 3.33. The van der Waals surface area contributed by atoms with Gasteiger partial charge in [0.25, 0.3) is 0 Å². The molecule has 0 radical (unpaired) electrons. The lowest BCUT2D eigenvalue weighted by Crippen LogP contribution is -2.52. The largest absolute Gasteiger partial charge is 0.497 e. The van der Waals surface area contributed by atoms with E-state index in [1.807, 2.05) is 0 Å². The molecule has 2 aromatic carbocycles. The molecule has 0 unspecified atom stereocenters. The molecule has 3 rings (SSSR count). The molecule has 0 aliphatic heterocycles. The van der Waals surface area contributed by atoms with Gasteiger partial charge >= 0.3 is 0 Å². The predicted octanol–water partition coefficient (Wildman–Crippen LogP) is 4.24. The summed E-state index contributed by atoms with van der Waals surface area (Å²) < 4.78 is 31.4. The number of halogens is 2. The Bertz CT molecular complexity index is 1180. The van der Waals surface area contributed by atoms with E-state index in [9.17, 15) is 18.0 Å². The number of rotatable bonds is 10. The van der Waals surface area contributed by atoms with Gasteiger partial charge in [0.2, 0.25) is 21.8 Å². The third-order valence-corrected chi connectivity index (χ3v) is 7.90. The number of nitrogens with zero attached hydrogens (tertiary/aromatic N) is 2. The van der Waals surface area contributed by atoms with Gasteiger partial charge in [-0.15, -0.1) is 0 Å². The lowest BCUT2D eigenvalue weighted by molar-refractivity contribution is -0.139.